The summed E-state index contributed by atoms with van der Waals surface area (Å²) in [6.45, 7) is 3.56. The van der Waals surface area contributed by atoms with Crippen molar-refractivity contribution in [3.63, 3.8) is 0 Å². The number of carbonyl (C=O) groups is 1. The third-order valence-corrected chi connectivity index (χ3v) is 7.61. The number of benzene rings is 1. The molecule has 2 aliphatic rings. The van der Waals surface area contributed by atoms with E-state index in [-0.39, 0.29) is 23.6 Å². The number of likely N-dealkylation sites (tertiary alicyclic amines) is 1. The maximum Gasteiger partial charge on any atom is 0.251 e. The van der Waals surface area contributed by atoms with E-state index < -0.39 is 15.1 Å². The van der Waals surface area contributed by atoms with Crippen LogP contribution in [0.15, 0.2) is 42.7 Å². The fourth-order valence-electron chi connectivity index (χ4n) is 4.02. The Morgan fingerprint density at radius 1 is 1.19 bits per heavy atom. The summed E-state index contributed by atoms with van der Waals surface area (Å²) in [6, 6.07) is 8.54. The Hall–Kier alpha value is -2.32. The van der Waals surface area contributed by atoms with Crippen molar-refractivity contribution in [3.05, 3.63) is 59.7 Å². The maximum atomic E-state index is 12.6. The Morgan fingerprint density at radius 2 is 1.89 bits per heavy atom. The first kappa shape index (κ1) is 18.1. The number of amides is 1. The van der Waals surface area contributed by atoms with Crippen LogP contribution in [0.2, 0.25) is 0 Å². The van der Waals surface area contributed by atoms with Crippen molar-refractivity contribution in [2.24, 2.45) is 5.92 Å². The Labute approximate surface area is 158 Å². The molecule has 0 unspecified atom stereocenters. The minimum Gasteiger partial charge on any atom is -0.348 e. The normalized spacial score (nSPS) is 26.6. The lowest BCUT2D eigenvalue weighted by atomic mass is 10.00. The van der Waals surface area contributed by atoms with Gasteiger partial charge in [-0.2, -0.15) is 0 Å². The van der Waals surface area contributed by atoms with Crippen LogP contribution in [0.4, 0.5) is 0 Å². The topological polar surface area (TPSA) is 92.3 Å². The number of fused-ring (bicyclic) bond motifs is 1. The molecule has 4 rings (SSSR count). The van der Waals surface area contributed by atoms with Gasteiger partial charge in [0.1, 0.15) is 5.82 Å². The van der Waals surface area contributed by atoms with E-state index in [1.54, 1.807) is 36.7 Å². The van der Waals surface area contributed by atoms with Gasteiger partial charge in [-0.1, -0.05) is 18.2 Å². The molecule has 0 saturated carbocycles. The van der Waals surface area contributed by atoms with Crippen molar-refractivity contribution in [2.45, 2.75) is 24.8 Å². The van der Waals surface area contributed by atoms with Crippen LogP contribution < -0.4 is 5.32 Å². The summed E-state index contributed by atoms with van der Waals surface area (Å²) < 4.78 is 25.2. The van der Waals surface area contributed by atoms with E-state index in [2.05, 4.69) is 20.2 Å². The molecular formula is C19H22N4O3S. The molecule has 1 amide bonds. The number of rotatable bonds is 4. The van der Waals surface area contributed by atoms with E-state index in [1.165, 1.54) is 0 Å². The molecule has 27 heavy (non-hydrogen) atoms. The number of carbonyl (C=O) groups excluding carboxylic acids is 1. The van der Waals surface area contributed by atoms with Gasteiger partial charge in [-0.25, -0.2) is 18.4 Å². The van der Waals surface area contributed by atoms with Crippen LogP contribution in [-0.4, -0.2) is 59.3 Å². The minimum absolute atomic E-state index is 0.0163. The first-order valence-corrected chi connectivity index (χ1v) is 10.7. The SMILES string of the molecule is Cc1ncc(CN2C[C@H]3[C@H](NC(=O)c4ccccc4)CS(=O)(=O)[C@H]3C2)cn1. The first-order valence-electron chi connectivity index (χ1n) is 9.00. The van der Waals surface area contributed by atoms with E-state index in [0.717, 1.165) is 5.56 Å². The lowest BCUT2D eigenvalue weighted by molar-refractivity contribution is 0.0930. The van der Waals surface area contributed by atoms with Gasteiger partial charge in [0.05, 0.1) is 11.0 Å². The van der Waals surface area contributed by atoms with Gasteiger partial charge in [-0.05, 0) is 19.1 Å². The quantitative estimate of drug-likeness (QED) is 0.836. The number of aryl methyl sites for hydroxylation is 1. The highest BCUT2D eigenvalue weighted by molar-refractivity contribution is 7.92. The molecule has 7 nitrogen and oxygen atoms in total. The van der Waals surface area contributed by atoms with Gasteiger partial charge in [0.15, 0.2) is 9.84 Å². The first-order chi connectivity index (χ1) is 12.9. The van der Waals surface area contributed by atoms with Crippen LogP contribution in [0.5, 0.6) is 0 Å². The van der Waals surface area contributed by atoms with Crippen LogP contribution in [0.25, 0.3) is 0 Å². The second-order valence-corrected chi connectivity index (χ2v) is 9.57. The van der Waals surface area contributed by atoms with Crippen molar-refractivity contribution < 1.29 is 13.2 Å². The lowest BCUT2D eigenvalue weighted by Gasteiger charge is -2.21. The molecule has 2 saturated heterocycles. The van der Waals surface area contributed by atoms with E-state index in [0.29, 0.717) is 31.0 Å². The second kappa shape index (κ2) is 7.01. The molecule has 3 atom stereocenters. The molecule has 2 aliphatic heterocycles. The van der Waals surface area contributed by atoms with Crippen LogP contribution in [0.1, 0.15) is 21.7 Å². The van der Waals surface area contributed by atoms with E-state index >= 15 is 0 Å². The number of hydrogen-bond acceptors (Lipinski definition) is 6. The fraction of sp³-hybridized carbons (Fsp3) is 0.421. The van der Waals surface area contributed by atoms with E-state index in [9.17, 15) is 13.2 Å². The molecule has 0 aliphatic carbocycles. The molecule has 1 aromatic carbocycles. The number of sulfone groups is 1. The second-order valence-electron chi connectivity index (χ2n) is 7.31. The van der Waals surface area contributed by atoms with Crippen molar-refractivity contribution in [1.82, 2.24) is 20.2 Å². The van der Waals surface area contributed by atoms with Crippen LogP contribution in [0.3, 0.4) is 0 Å². The molecule has 1 aromatic heterocycles. The monoisotopic (exact) mass is 386 g/mol. The van der Waals surface area contributed by atoms with Gasteiger partial charge < -0.3 is 5.32 Å². The molecule has 0 bridgehead atoms. The highest BCUT2D eigenvalue weighted by atomic mass is 32.2. The molecule has 3 heterocycles. The highest BCUT2D eigenvalue weighted by Gasteiger charge is 2.52. The molecule has 2 fully saturated rings. The summed E-state index contributed by atoms with van der Waals surface area (Å²) in [5, 5.41) is 2.52. The Kier molecular flexibility index (Phi) is 4.69. The van der Waals surface area contributed by atoms with Crippen molar-refractivity contribution in [1.29, 1.82) is 0 Å². The lowest BCUT2D eigenvalue weighted by Crippen LogP contribution is -2.42. The van der Waals surface area contributed by atoms with Crippen LogP contribution in [-0.2, 0) is 16.4 Å². The number of nitrogens with one attached hydrogen (secondary N) is 1. The van der Waals surface area contributed by atoms with Gasteiger partial charge in [-0.3, -0.25) is 9.69 Å². The number of nitrogens with zero attached hydrogens (tertiary/aromatic N) is 3. The molecule has 142 valence electrons. The fourth-order valence-corrected chi connectivity index (χ4v) is 6.35. The zero-order valence-corrected chi connectivity index (χ0v) is 15.9. The van der Waals surface area contributed by atoms with Gasteiger partial charge in [0.25, 0.3) is 5.91 Å². The standard InChI is InChI=1S/C19H22N4O3S/c1-13-20-7-14(8-21-13)9-23-10-16-17(12-27(25,26)18(16)11-23)22-19(24)15-5-3-2-4-6-15/h2-8,16-18H,9-12H2,1H3,(H,22,24)/t16-,17+,18-/m0/s1. The summed E-state index contributed by atoms with van der Waals surface area (Å²) >= 11 is 0. The zero-order valence-electron chi connectivity index (χ0n) is 15.1. The molecule has 8 heteroatoms. The summed E-state index contributed by atoms with van der Waals surface area (Å²) in [5.41, 5.74) is 1.51. The van der Waals surface area contributed by atoms with E-state index in [1.807, 2.05) is 13.0 Å². The Bertz CT molecular complexity index is 931. The Morgan fingerprint density at radius 3 is 2.59 bits per heavy atom. The predicted octanol–water partition coefficient (Wildman–Crippen LogP) is 0.812. The van der Waals surface area contributed by atoms with E-state index in [4.69, 9.17) is 0 Å². The van der Waals surface area contributed by atoms with Crippen LogP contribution in [0, 0.1) is 12.8 Å². The molecule has 2 aromatic rings. The zero-order chi connectivity index (χ0) is 19.0. The molecular weight excluding hydrogens is 364 g/mol. The average Bonchev–Trinajstić information content (AvgIpc) is 3.17. The summed E-state index contributed by atoms with van der Waals surface area (Å²) in [7, 11) is -3.22. The van der Waals surface area contributed by atoms with Gasteiger partial charge in [0.2, 0.25) is 0 Å². The van der Waals surface area contributed by atoms with Crippen molar-refractivity contribution in [2.75, 3.05) is 18.8 Å². The van der Waals surface area contributed by atoms with Gasteiger partial charge >= 0.3 is 0 Å². The summed E-state index contributed by atoms with van der Waals surface area (Å²) in [5.74, 6) is 0.418. The molecule has 1 N–H and O–H groups in total. The van der Waals surface area contributed by atoms with Gasteiger partial charge in [0, 0.05) is 55.1 Å². The van der Waals surface area contributed by atoms with Crippen molar-refractivity contribution in [3.8, 4) is 0 Å². The largest absolute Gasteiger partial charge is 0.348 e. The third kappa shape index (κ3) is 3.72. The van der Waals surface area contributed by atoms with Crippen LogP contribution >= 0.6 is 0 Å². The molecule has 0 radical (unpaired) electrons. The predicted molar refractivity (Wildman–Crippen MR) is 101 cm³/mol. The Balaban J connectivity index is 1.46. The highest BCUT2D eigenvalue weighted by Crippen LogP contribution is 2.34. The minimum atomic E-state index is -3.22. The summed E-state index contributed by atoms with van der Waals surface area (Å²) in [6.07, 6.45) is 3.55. The van der Waals surface area contributed by atoms with Gasteiger partial charge in [-0.15, -0.1) is 0 Å². The number of hydrogen-bond donors (Lipinski definition) is 1. The molecule has 0 spiro atoms. The number of aromatic nitrogens is 2. The summed E-state index contributed by atoms with van der Waals surface area (Å²) in [4.78, 5) is 23.0. The average molecular weight is 386 g/mol. The van der Waals surface area contributed by atoms with Crippen molar-refractivity contribution >= 4 is 15.7 Å². The smallest absolute Gasteiger partial charge is 0.251 e. The maximum absolute atomic E-state index is 12.6. The third-order valence-electron chi connectivity index (χ3n) is 5.37.